The van der Waals surface area contributed by atoms with Crippen molar-refractivity contribution in [1.82, 2.24) is 0 Å². The molecule has 66 valence electrons. The maximum Gasteiger partial charge on any atom is 0.141 e. The van der Waals surface area contributed by atoms with Crippen molar-refractivity contribution in [2.75, 3.05) is 0 Å². The van der Waals surface area contributed by atoms with E-state index in [0.29, 0.717) is 12.4 Å². The number of nitriles is 1. The average molecular weight is 181 g/mol. The van der Waals surface area contributed by atoms with Gasteiger partial charge < -0.3 is 4.79 Å². The second-order valence-corrected chi connectivity index (χ2v) is 2.41. The van der Waals surface area contributed by atoms with E-state index in [1.54, 1.807) is 6.07 Å². The Morgan fingerprint density at radius 2 is 2.15 bits per heavy atom. The van der Waals surface area contributed by atoms with E-state index in [1.165, 1.54) is 0 Å². The molecule has 4 heteroatoms. The number of carbonyl (C=O) groups excluding carboxylic acids is 1. The summed E-state index contributed by atoms with van der Waals surface area (Å²) < 4.78 is 25.3. The predicted octanol–water partition coefficient (Wildman–Crippen LogP) is 1.77. The Morgan fingerprint density at radius 3 is 2.62 bits per heavy atom. The molecule has 1 aromatic carbocycles. The van der Waals surface area contributed by atoms with Gasteiger partial charge in [0.15, 0.2) is 0 Å². The van der Waals surface area contributed by atoms with Crippen LogP contribution in [-0.4, -0.2) is 6.29 Å². The molecule has 0 aliphatic heterocycles. The molecule has 0 saturated carbocycles. The summed E-state index contributed by atoms with van der Waals surface area (Å²) in [7, 11) is 0. The monoisotopic (exact) mass is 181 g/mol. The van der Waals surface area contributed by atoms with Gasteiger partial charge in [0.05, 0.1) is 6.07 Å². The van der Waals surface area contributed by atoms with E-state index in [2.05, 4.69) is 0 Å². The maximum absolute atomic E-state index is 12.9. The summed E-state index contributed by atoms with van der Waals surface area (Å²) in [5, 5.41) is 8.43. The van der Waals surface area contributed by atoms with E-state index >= 15 is 0 Å². The Hall–Kier alpha value is -1.76. The van der Waals surface area contributed by atoms with Crippen LogP contribution in [0.25, 0.3) is 0 Å². The molecule has 0 aliphatic carbocycles. The first-order valence-electron chi connectivity index (χ1n) is 3.49. The number of hydrogen-bond donors (Lipinski definition) is 0. The minimum absolute atomic E-state index is 0.0982. The molecular weight excluding hydrogens is 176 g/mol. The summed E-state index contributed by atoms with van der Waals surface area (Å²) in [6.45, 7) is 0. The number of aldehydes is 1. The van der Waals surface area contributed by atoms with Gasteiger partial charge in [-0.05, 0) is 6.07 Å². The molecule has 0 saturated heterocycles. The van der Waals surface area contributed by atoms with Gasteiger partial charge in [-0.1, -0.05) is 6.07 Å². The van der Waals surface area contributed by atoms with Gasteiger partial charge in [-0.25, -0.2) is 8.78 Å². The fourth-order valence-corrected chi connectivity index (χ4v) is 0.927. The molecule has 0 N–H and O–H groups in total. The van der Waals surface area contributed by atoms with Crippen LogP contribution < -0.4 is 0 Å². The van der Waals surface area contributed by atoms with Crippen LogP contribution in [0.4, 0.5) is 8.78 Å². The van der Waals surface area contributed by atoms with Gasteiger partial charge in [-0.15, -0.1) is 0 Å². The number of rotatable bonds is 2. The molecule has 0 aromatic heterocycles. The molecule has 1 atom stereocenters. The highest BCUT2D eigenvalue weighted by atomic mass is 19.1. The van der Waals surface area contributed by atoms with Crippen molar-refractivity contribution < 1.29 is 13.6 Å². The van der Waals surface area contributed by atoms with Gasteiger partial charge in [-0.3, -0.25) is 0 Å². The Balaban J connectivity index is 3.16. The number of carbonyl (C=O) groups is 1. The van der Waals surface area contributed by atoms with E-state index < -0.39 is 17.6 Å². The van der Waals surface area contributed by atoms with Crippen LogP contribution in [0.15, 0.2) is 18.2 Å². The Labute approximate surface area is 73.4 Å². The number of halogens is 2. The molecular formula is C9H5F2NO. The fourth-order valence-electron chi connectivity index (χ4n) is 0.927. The molecule has 13 heavy (non-hydrogen) atoms. The molecule has 0 bridgehead atoms. The Kier molecular flexibility index (Phi) is 2.70. The van der Waals surface area contributed by atoms with Crippen molar-refractivity contribution in [1.29, 1.82) is 5.26 Å². The molecule has 0 fully saturated rings. The quantitative estimate of drug-likeness (QED) is 0.652. The van der Waals surface area contributed by atoms with Crippen molar-refractivity contribution in [2.24, 2.45) is 0 Å². The van der Waals surface area contributed by atoms with Crippen LogP contribution in [-0.2, 0) is 4.79 Å². The first-order chi connectivity index (χ1) is 6.19. The zero-order valence-electron chi connectivity index (χ0n) is 6.50. The molecule has 0 heterocycles. The van der Waals surface area contributed by atoms with E-state index in [-0.39, 0.29) is 5.56 Å². The summed E-state index contributed by atoms with van der Waals surface area (Å²) in [4.78, 5) is 10.3. The van der Waals surface area contributed by atoms with Gasteiger partial charge in [0.25, 0.3) is 0 Å². The molecule has 0 radical (unpaired) electrons. The highest BCUT2D eigenvalue weighted by Crippen LogP contribution is 2.17. The third-order valence-corrected chi connectivity index (χ3v) is 1.57. The Morgan fingerprint density at radius 1 is 1.46 bits per heavy atom. The van der Waals surface area contributed by atoms with Gasteiger partial charge in [0.1, 0.15) is 23.8 Å². The van der Waals surface area contributed by atoms with Crippen LogP contribution in [0, 0.1) is 23.0 Å². The molecule has 1 unspecified atom stereocenters. The van der Waals surface area contributed by atoms with Crippen molar-refractivity contribution in [3.63, 3.8) is 0 Å². The molecule has 1 aromatic rings. The van der Waals surface area contributed by atoms with Gasteiger partial charge in [-0.2, -0.15) is 5.26 Å². The van der Waals surface area contributed by atoms with Gasteiger partial charge in [0.2, 0.25) is 0 Å². The second-order valence-electron chi connectivity index (χ2n) is 2.41. The lowest BCUT2D eigenvalue weighted by Gasteiger charge is -2.02. The van der Waals surface area contributed by atoms with Crippen LogP contribution in [0.2, 0.25) is 0 Å². The zero-order chi connectivity index (χ0) is 9.84. The van der Waals surface area contributed by atoms with Crippen molar-refractivity contribution in [3.8, 4) is 6.07 Å². The van der Waals surface area contributed by atoms with Crippen LogP contribution in [0.1, 0.15) is 11.5 Å². The SMILES string of the molecule is N#CC(C=O)c1ccc(F)cc1F. The number of nitrogens with zero attached hydrogens (tertiary/aromatic N) is 1. The summed E-state index contributed by atoms with van der Waals surface area (Å²) in [5.41, 5.74) is -0.0982. The normalized spacial score (nSPS) is 11.8. The minimum Gasteiger partial charge on any atom is -0.302 e. The lowest BCUT2D eigenvalue weighted by Crippen LogP contribution is -2.00. The van der Waals surface area contributed by atoms with Gasteiger partial charge >= 0.3 is 0 Å². The highest BCUT2D eigenvalue weighted by Gasteiger charge is 2.14. The molecule has 0 amide bonds. The minimum atomic E-state index is -1.17. The van der Waals surface area contributed by atoms with Crippen molar-refractivity contribution >= 4 is 6.29 Å². The summed E-state index contributed by atoms with van der Waals surface area (Å²) >= 11 is 0. The zero-order valence-corrected chi connectivity index (χ0v) is 6.50. The van der Waals surface area contributed by atoms with Crippen molar-refractivity contribution in [3.05, 3.63) is 35.4 Å². The number of benzene rings is 1. The number of hydrogen-bond acceptors (Lipinski definition) is 2. The predicted molar refractivity (Wildman–Crippen MR) is 40.8 cm³/mol. The highest BCUT2D eigenvalue weighted by molar-refractivity contribution is 5.66. The second kappa shape index (κ2) is 3.76. The smallest absolute Gasteiger partial charge is 0.141 e. The summed E-state index contributed by atoms with van der Waals surface area (Å²) in [6.07, 6.45) is 0.316. The fraction of sp³-hybridized carbons (Fsp3) is 0.111. The van der Waals surface area contributed by atoms with Crippen molar-refractivity contribution in [2.45, 2.75) is 5.92 Å². The van der Waals surface area contributed by atoms with Crippen LogP contribution >= 0.6 is 0 Å². The maximum atomic E-state index is 12.9. The van der Waals surface area contributed by atoms with E-state index in [4.69, 9.17) is 5.26 Å². The molecule has 1 rings (SSSR count). The standard InChI is InChI=1S/C9H5F2NO/c10-7-1-2-8(9(11)3-7)6(4-12)5-13/h1-3,5-6H. The topological polar surface area (TPSA) is 40.9 Å². The first-order valence-corrected chi connectivity index (χ1v) is 3.49. The largest absolute Gasteiger partial charge is 0.302 e. The third-order valence-electron chi connectivity index (χ3n) is 1.57. The van der Waals surface area contributed by atoms with E-state index in [9.17, 15) is 13.6 Å². The molecule has 2 nitrogen and oxygen atoms in total. The van der Waals surface area contributed by atoms with Crippen LogP contribution in [0.3, 0.4) is 0 Å². The first kappa shape index (κ1) is 9.33. The average Bonchev–Trinajstić information content (AvgIpc) is 2.10. The molecule has 0 spiro atoms. The lowest BCUT2D eigenvalue weighted by molar-refractivity contribution is -0.108. The van der Waals surface area contributed by atoms with Gasteiger partial charge in [0, 0.05) is 11.6 Å². The third kappa shape index (κ3) is 1.88. The molecule has 0 aliphatic rings. The van der Waals surface area contributed by atoms with E-state index in [1.807, 2.05) is 0 Å². The lowest BCUT2D eigenvalue weighted by atomic mass is 10.0. The van der Waals surface area contributed by atoms with E-state index in [0.717, 1.165) is 12.1 Å². The Bertz CT molecular complexity index is 370. The summed E-state index contributed by atoms with van der Waals surface area (Å²) in [5.74, 6) is -2.77. The van der Waals surface area contributed by atoms with Crippen LogP contribution in [0.5, 0.6) is 0 Å². The summed E-state index contributed by atoms with van der Waals surface area (Å²) in [6, 6.07) is 4.34.